The first kappa shape index (κ1) is 14.4. The molecule has 5 nitrogen and oxygen atoms in total. The van der Waals surface area contributed by atoms with Crippen LogP contribution in [0.25, 0.3) is 5.69 Å². The highest BCUT2D eigenvalue weighted by Crippen LogP contribution is 2.39. The number of halogens is 1. The smallest absolute Gasteiger partial charge is 0.321 e. The molecule has 1 fully saturated rings. The minimum Gasteiger partial charge on any atom is -0.480 e. The second-order valence-electron chi connectivity index (χ2n) is 4.81. The number of aryl methyl sites for hydroxylation is 1. The van der Waals surface area contributed by atoms with Crippen LogP contribution in [0, 0.1) is 6.92 Å². The van der Waals surface area contributed by atoms with Crippen molar-refractivity contribution in [1.82, 2.24) is 15.1 Å². The molecule has 0 aliphatic carbocycles. The number of hydrogen-bond donors (Lipinski definition) is 2. The van der Waals surface area contributed by atoms with E-state index in [9.17, 15) is 4.79 Å². The van der Waals surface area contributed by atoms with E-state index in [0.717, 1.165) is 16.9 Å². The van der Waals surface area contributed by atoms with Crippen molar-refractivity contribution in [2.45, 2.75) is 18.3 Å². The first-order chi connectivity index (χ1) is 10.1. The molecule has 1 aromatic carbocycles. The summed E-state index contributed by atoms with van der Waals surface area (Å²) in [6.07, 6.45) is 0. The van der Waals surface area contributed by atoms with Crippen molar-refractivity contribution in [3.8, 4) is 5.69 Å². The molecule has 0 radical (unpaired) electrons. The number of aliphatic carboxylic acids is 1. The first-order valence-corrected chi connectivity index (χ1v) is 7.91. The van der Waals surface area contributed by atoms with Crippen LogP contribution < -0.4 is 5.32 Å². The van der Waals surface area contributed by atoms with E-state index < -0.39 is 12.0 Å². The van der Waals surface area contributed by atoms with Crippen molar-refractivity contribution in [3.63, 3.8) is 0 Å². The normalized spacial score (nSPS) is 21.6. The summed E-state index contributed by atoms with van der Waals surface area (Å²) >= 11 is 8.01. The molecule has 110 valence electrons. The molecular weight excluding hydrogens is 310 g/mol. The van der Waals surface area contributed by atoms with Crippen LogP contribution in [-0.4, -0.2) is 32.7 Å². The van der Waals surface area contributed by atoms with E-state index in [1.807, 2.05) is 37.3 Å². The zero-order chi connectivity index (χ0) is 15.0. The molecule has 1 aliphatic heterocycles. The third-order valence-corrected chi connectivity index (χ3v) is 4.99. The van der Waals surface area contributed by atoms with Gasteiger partial charge in [0.15, 0.2) is 0 Å². The summed E-state index contributed by atoms with van der Waals surface area (Å²) in [5.74, 6) is -0.319. The number of benzene rings is 1. The van der Waals surface area contributed by atoms with E-state index >= 15 is 0 Å². The maximum atomic E-state index is 11.0. The highest BCUT2D eigenvalue weighted by atomic mass is 35.5. The van der Waals surface area contributed by atoms with Gasteiger partial charge in [-0.25, -0.2) is 4.68 Å². The second-order valence-corrected chi connectivity index (χ2v) is 6.30. The lowest BCUT2D eigenvalue weighted by Crippen LogP contribution is -2.33. The fourth-order valence-electron chi connectivity index (χ4n) is 2.33. The molecule has 0 unspecified atom stereocenters. The van der Waals surface area contributed by atoms with E-state index in [1.54, 1.807) is 4.68 Å². The number of carbonyl (C=O) groups is 1. The summed E-state index contributed by atoms with van der Waals surface area (Å²) < 4.78 is 1.68. The van der Waals surface area contributed by atoms with Crippen LogP contribution in [0.15, 0.2) is 30.3 Å². The third kappa shape index (κ3) is 2.66. The van der Waals surface area contributed by atoms with Gasteiger partial charge in [-0.1, -0.05) is 29.8 Å². The lowest BCUT2D eigenvalue weighted by Gasteiger charge is -2.11. The van der Waals surface area contributed by atoms with Crippen molar-refractivity contribution < 1.29 is 9.90 Å². The summed E-state index contributed by atoms with van der Waals surface area (Å²) in [5.41, 5.74) is 2.55. The van der Waals surface area contributed by atoms with Gasteiger partial charge in [-0.15, -0.1) is 11.8 Å². The quantitative estimate of drug-likeness (QED) is 0.909. The number of carboxylic acids is 1. The Hall–Kier alpha value is -1.50. The molecule has 2 N–H and O–H groups in total. The van der Waals surface area contributed by atoms with Gasteiger partial charge in [0.1, 0.15) is 11.2 Å². The van der Waals surface area contributed by atoms with E-state index in [4.69, 9.17) is 16.7 Å². The molecule has 0 bridgehead atoms. The Balaban J connectivity index is 1.95. The van der Waals surface area contributed by atoms with Crippen LogP contribution in [0.2, 0.25) is 5.15 Å². The third-order valence-electron chi connectivity index (χ3n) is 3.39. The van der Waals surface area contributed by atoms with Crippen LogP contribution in [0.1, 0.15) is 16.6 Å². The average molecular weight is 324 g/mol. The van der Waals surface area contributed by atoms with Crippen LogP contribution >= 0.6 is 23.4 Å². The van der Waals surface area contributed by atoms with E-state index in [-0.39, 0.29) is 5.37 Å². The van der Waals surface area contributed by atoms with Crippen molar-refractivity contribution in [2.75, 3.05) is 5.75 Å². The Kier molecular flexibility index (Phi) is 3.93. The molecule has 1 aromatic heterocycles. The maximum Gasteiger partial charge on any atom is 0.321 e. The monoisotopic (exact) mass is 323 g/mol. The molecule has 2 heterocycles. The fraction of sp³-hybridized carbons (Fsp3) is 0.286. The topological polar surface area (TPSA) is 67.2 Å². The van der Waals surface area contributed by atoms with Gasteiger partial charge in [0.05, 0.1) is 16.8 Å². The van der Waals surface area contributed by atoms with Crippen molar-refractivity contribution >= 4 is 29.3 Å². The van der Waals surface area contributed by atoms with Crippen LogP contribution in [0.3, 0.4) is 0 Å². The maximum absolute atomic E-state index is 11.0. The number of rotatable bonds is 3. The largest absolute Gasteiger partial charge is 0.480 e. The van der Waals surface area contributed by atoms with E-state index in [1.165, 1.54) is 11.8 Å². The summed E-state index contributed by atoms with van der Waals surface area (Å²) in [7, 11) is 0. The number of para-hydroxylation sites is 1. The summed E-state index contributed by atoms with van der Waals surface area (Å²) in [5, 5.41) is 17.0. The number of carboxylic acid groups (broad SMARTS) is 1. The molecule has 1 saturated heterocycles. The minimum atomic E-state index is -0.839. The molecule has 0 amide bonds. The van der Waals surface area contributed by atoms with Crippen molar-refractivity contribution in [3.05, 3.63) is 46.7 Å². The molecule has 2 aromatic rings. The zero-order valence-corrected chi connectivity index (χ0v) is 12.9. The van der Waals surface area contributed by atoms with Gasteiger partial charge in [-0.2, -0.15) is 5.10 Å². The summed E-state index contributed by atoms with van der Waals surface area (Å²) in [6, 6.07) is 9.09. The van der Waals surface area contributed by atoms with Crippen LogP contribution in [-0.2, 0) is 4.79 Å². The van der Waals surface area contributed by atoms with Crippen molar-refractivity contribution in [2.24, 2.45) is 0 Å². The highest BCUT2D eigenvalue weighted by molar-refractivity contribution is 7.99. The Bertz CT molecular complexity index is 674. The van der Waals surface area contributed by atoms with E-state index in [2.05, 4.69) is 10.4 Å². The van der Waals surface area contributed by atoms with Gasteiger partial charge in [0, 0.05) is 11.3 Å². The molecule has 21 heavy (non-hydrogen) atoms. The van der Waals surface area contributed by atoms with Gasteiger partial charge in [0.25, 0.3) is 0 Å². The average Bonchev–Trinajstić information content (AvgIpc) is 3.05. The van der Waals surface area contributed by atoms with Crippen LogP contribution in [0.4, 0.5) is 0 Å². The predicted octanol–water partition coefficient (Wildman–Crippen LogP) is 2.62. The highest BCUT2D eigenvalue weighted by Gasteiger charge is 2.34. The van der Waals surface area contributed by atoms with Gasteiger partial charge >= 0.3 is 5.97 Å². The Morgan fingerprint density at radius 1 is 1.48 bits per heavy atom. The fourth-order valence-corrected chi connectivity index (χ4v) is 4.11. The lowest BCUT2D eigenvalue weighted by molar-refractivity contribution is -0.138. The minimum absolute atomic E-state index is 0.143. The molecule has 1 aliphatic rings. The first-order valence-electron chi connectivity index (χ1n) is 6.49. The summed E-state index contributed by atoms with van der Waals surface area (Å²) in [6.45, 7) is 1.89. The van der Waals surface area contributed by atoms with Gasteiger partial charge in [-0.3, -0.25) is 10.1 Å². The molecule has 2 atom stereocenters. The SMILES string of the molecule is Cc1nn(-c2ccccc2)c(Cl)c1[C@H]1N[C@@H](C(=O)O)CS1. The van der Waals surface area contributed by atoms with Gasteiger partial charge in [0.2, 0.25) is 0 Å². The molecule has 3 rings (SSSR count). The lowest BCUT2D eigenvalue weighted by atomic mass is 10.2. The Morgan fingerprint density at radius 2 is 2.19 bits per heavy atom. The number of nitrogens with zero attached hydrogens (tertiary/aromatic N) is 2. The standard InChI is InChI=1S/C14H14ClN3O2S/c1-8-11(13-16-10(7-21-13)14(19)20)12(15)18(17-8)9-5-3-2-4-6-9/h2-6,10,13,16H,7H2,1H3,(H,19,20)/t10-,13+/m1/s1. The molecule has 0 spiro atoms. The van der Waals surface area contributed by atoms with Crippen LogP contribution in [0.5, 0.6) is 0 Å². The van der Waals surface area contributed by atoms with E-state index in [0.29, 0.717) is 10.9 Å². The van der Waals surface area contributed by atoms with Crippen molar-refractivity contribution in [1.29, 1.82) is 0 Å². The Morgan fingerprint density at radius 3 is 2.81 bits per heavy atom. The second kappa shape index (κ2) is 5.71. The number of aromatic nitrogens is 2. The number of thioether (sulfide) groups is 1. The molecule has 0 saturated carbocycles. The molecular formula is C14H14ClN3O2S. The Labute approximate surface area is 131 Å². The number of nitrogens with one attached hydrogen (secondary N) is 1. The van der Waals surface area contributed by atoms with Gasteiger partial charge in [-0.05, 0) is 19.1 Å². The zero-order valence-electron chi connectivity index (χ0n) is 11.3. The summed E-state index contributed by atoms with van der Waals surface area (Å²) in [4.78, 5) is 11.0. The predicted molar refractivity (Wildman–Crippen MR) is 83.1 cm³/mol. The van der Waals surface area contributed by atoms with Gasteiger partial charge < -0.3 is 5.11 Å². The molecule has 7 heteroatoms. The number of hydrogen-bond acceptors (Lipinski definition) is 4.